The molecule has 0 aromatic carbocycles. The van der Waals surface area contributed by atoms with Gasteiger partial charge in [-0.2, -0.15) is 0 Å². The number of carbonyl (C=O) groups excluding carboxylic acids is 1. The molecule has 0 saturated heterocycles. The van der Waals surface area contributed by atoms with E-state index >= 15 is 0 Å². The van der Waals surface area contributed by atoms with Gasteiger partial charge in [0.15, 0.2) is 4.67 Å². The molecule has 1 aliphatic rings. The molecule has 5 nitrogen and oxygen atoms in total. The summed E-state index contributed by atoms with van der Waals surface area (Å²) in [7, 11) is 0. The van der Waals surface area contributed by atoms with Crippen LogP contribution in [0.25, 0.3) is 0 Å². The number of carbonyl (C=O) groups is 1. The van der Waals surface area contributed by atoms with Gasteiger partial charge in [0.2, 0.25) is 0 Å². The smallest absolute Gasteiger partial charge is 0.407 e. The van der Waals surface area contributed by atoms with E-state index in [1.54, 1.807) is 0 Å². The predicted octanol–water partition coefficient (Wildman–Crippen LogP) is 3.44. The molecule has 1 aliphatic carbocycles. The molecular weight excluding hydrogens is 336 g/mol. The van der Waals surface area contributed by atoms with Crippen LogP contribution in [0.1, 0.15) is 39.4 Å². The third-order valence-corrected chi connectivity index (χ3v) is 3.61. The van der Waals surface area contributed by atoms with Crippen molar-refractivity contribution >= 4 is 22.0 Å². The summed E-state index contributed by atoms with van der Waals surface area (Å²) in [5.74, 6) is 1.42. The zero-order valence-corrected chi connectivity index (χ0v) is 14.3. The fourth-order valence-corrected chi connectivity index (χ4v) is 2.43. The number of furan rings is 1. The molecule has 0 spiro atoms. The molecule has 0 radical (unpaired) electrons. The summed E-state index contributed by atoms with van der Waals surface area (Å²) < 4.78 is 11.5. The molecule has 1 unspecified atom stereocenters. The highest BCUT2D eigenvalue weighted by molar-refractivity contribution is 9.10. The molecule has 21 heavy (non-hydrogen) atoms. The van der Waals surface area contributed by atoms with Crippen LogP contribution in [0.15, 0.2) is 21.2 Å². The van der Waals surface area contributed by atoms with E-state index in [1.165, 1.54) is 0 Å². The largest absolute Gasteiger partial charge is 0.453 e. The lowest BCUT2D eigenvalue weighted by molar-refractivity contribution is 0.0497. The molecule has 0 bridgehead atoms. The summed E-state index contributed by atoms with van der Waals surface area (Å²) in [6.07, 6.45) is 1.98. The number of alkyl carbamates (subject to hydrolysis) is 1. The molecule has 2 N–H and O–H groups in total. The average molecular weight is 359 g/mol. The van der Waals surface area contributed by atoms with Crippen LogP contribution in [-0.4, -0.2) is 24.3 Å². The van der Waals surface area contributed by atoms with E-state index in [4.69, 9.17) is 9.15 Å². The molecule has 0 aliphatic heterocycles. The van der Waals surface area contributed by atoms with Gasteiger partial charge in [-0.1, -0.05) is 0 Å². The number of hydrogen-bond acceptors (Lipinski definition) is 4. The fraction of sp³-hybridized carbons (Fsp3) is 0.667. The maximum Gasteiger partial charge on any atom is 0.407 e. The van der Waals surface area contributed by atoms with Crippen LogP contribution in [-0.2, 0) is 11.3 Å². The molecule has 1 heterocycles. The SMILES string of the molecule is CC(C)(C)OC(=O)NC(CNCc1ccc(Br)o1)C1CC1. The summed E-state index contributed by atoms with van der Waals surface area (Å²) >= 11 is 3.28. The quantitative estimate of drug-likeness (QED) is 0.817. The van der Waals surface area contributed by atoms with Crippen LogP contribution in [0.5, 0.6) is 0 Å². The van der Waals surface area contributed by atoms with E-state index in [0.29, 0.717) is 19.0 Å². The second kappa shape index (κ2) is 6.83. The Labute approximate surface area is 133 Å². The van der Waals surface area contributed by atoms with E-state index in [9.17, 15) is 4.79 Å². The highest BCUT2D eigenvalue weighted by Crippen LogP contribution is 2.32. The van der Waals surface area contributed by atoms with Gasteiger partial charge in [0.05, 0.1) is 6.54 Å². The van der Waals surface area contributed by atoms with Gasteiger partial charge in [-0.25, -0.2) is 4.79 Å². The van der Waals surface area contributed by atoms with E-state index in [1.807, 2.05) is 32.9 Å². The summed E-state index contributed by atoms with van der Waals surface area (Å²) in [6.45, 7) is 6.95. The Morgan fingerprint density at radius 1 is 1.48 bits per heavy atom. The molecule has 1 atom stereocenters. The Balaban J connectivity index is 1.76. The molecule has 1 saturated carbocycles. The Kier molecular flexibility index (Phi) is 5.32. The maximum atomic E-state index is 11.9. The Morgan fingerprint density at radius 3 is 2.71 bits per heavy atom. The molecule has 1 aromatic rings. The lowest BCUT2D eigenvalue weighted by atomic mass is 10.2. The van der Waals surface area contributed by atoms with E-state index in [0.717, 1.165) is 23.3 Å². The molecule has 6 heteroatoms. The van der Waals surface area contributed by atoms with Crippen molar-refractivity contribution in [3.8, 4) is 0 Å². The minimum absolute atomic E-state index is 0.109. The van der Waals surface area contributed by atoms with Crippen molar-refractivity contribution in [3.05, 3.63) is 22.6 Å². The number of amides is 1. The standard InChI is InChI=1S/C15H23BrN2O3/c1-15(2,3)21-14(19)18-12(10-4-5-10)9-17-8-11-6-7-13(16)20-11/h6-7,10,12,17H,4-5,8-9H2,1-3H3,(H,18,19). The third kappa shape index (κ3) is 6.09. The van der Waals surface area contributed by atoms with Crippen molar-refractivity contribution in [3.63, 3.8) is 0 Å². The van der Waals surface area contributed by atoms with Gasteiger partial charge in [0, 0.05) is 12.6 Å². The number of rotatable bonds is 6. The number of nitrogens with one attached hydrogen (secondary N) is 2. The van der Waals surface area contributed by atoms with Gasteiger partial charge in [-0.05, 0) is 67.6 Å². The second-order valence-corrected chi connectivity index (χ2v) is 7.21. The van der Waals surface area contributed by atoms with Crippen molar-refractivity contribution < 1.29 is 13.9 Å². The van der Waals surface area contributed by atoms with Crippen LogP contribution >= 0.6 is 15.9 Å². The predicted molar refractivity (Wildman–Crippen MR) is 84.0 cm³/mol. The van der Waals surface area contributed by atoms with Crippen LogP contribution in [0, 0.1) is 5.92 Å². The summed E-state index contributed by atoms with van der Waals surface area (Å²) in [5.41, 5.74) is -0.466. The van der Waals surface area contributed by atoms with E-state index in [-0.39, 0.29) is 12.1 Å². The van der Waals surface area contributed by atoms with Crippen molar-refractivity contribution in [2.75, 3.05) is 6.54 Å². The monoisotopic (exact) mass is 358 g/mol. The Hall–Kier alpha value is -1.01. The van der Waals surface area contributed by atoms with E-state index in [2.05, 4.69) is 26.6 Å². The first-order valence-electron chi connectivity index (χ1n) is 7.28. The lowest BCUT2D eigenvalue weighted by Crippen LogP contribution is -2.45. The normalized spacial score (nSPS) is 16.6. The van der Waals surface area contributed by atoms with Gasteiger partial charge in [0.25, 0.3) is 0 Å². The topological polar surface area (TPSA) is 63.5 Å². The molecule has 1 fully saturated rings. The lowest BCUT2D eigenvalue weighted by Gasteiger charge is -2.23. The fourth-order valence-electron chi connectivity index (χ4n) is 2.09. The van der Waals surface area contributed by atoms with Crippen LogP contribution in [0.2, 0.25) is 0 Å². The van der Waals surface area contributed by atoms with Gasteiger partial charge in [-0.3, -0.25) is 0 Å². The Morgan fingerprint density at radius 2 is 2.19 bits per heavy atom. The highest BCUT2D eigenvalue weighted by atomic mass is 79.9. The maximum absolute atomic E-state index is 11.9. The van der Waals surface area contributed by atoms with Gasteiger partial charge < -0.3 is 19.8 Å². The minimum Gasteiger partial charge on any atom is -0.453 e. The summed E-state index contributed by atoms with van der Waals surface area (Å²) in [5, 5.41) is 6.28. The van der Waals surface area contributed by atoms with Crippen molar-refractivity contribution in [2.45, 2.75) is 51.8 Å². The van der Waals surface area contributed by atoms with Crippen LogP contribution in [0.3, 0.4) is 0 Å². The number of hydrogen-bond donors (Lipinski definition) is 2. The molecule has 1 aromatic heterocycles. The van der Waals surface area contributed by atoms with Gasteiger partial charge in [0.1, 0.15) is 11.4 Å². The molecule has 2 rings (SSSR count). The zero-order valence-electron chi connectivity index (χ0n) is 12.7. The summed E-state index contributed by atoms with van der Waals surface area (Å²) in [6, 6.07) is 3.90. The van der Waals surface area contributed by atoms with Crippen molar-refractivity contribution in [1.82, 2.24) is 10.6 Å². The van der Waals surface area contributed by atoms with Crippen LogP contribution < -0.4 is 10.6 Å². The third-order valence-electron chi connectivity index (χ3n) is 3.19. The first-order valence-corrected chi connectivity index (χ1v) is 8.07. The van der Waals surface area contributed by atoms with Crippen molar-refractivity contribution in [1.29, 1.82) is 0 Å². The average Bonchev–Trinajstić information content (AvgIpc) is 3.10. The number of ether oxygens (including phenoxy) is 1. The first kappa shape index (κ1) is 16.4. The Bertz CT molecular complexity index is 478. The van der Waals surface area contributed by atoms with E-state index < -0.39 is 5.60 Å². The molecular formula is C15H23BrN2O3. The van der Waals surface area contributed by atoms with Crippen molar-refractivity contribution in [2.24, 2.45) is 5.92 Å². The zero-order chi connectivity index (χ0) is 15.5. The molecule has 118 valence electrons. The van der Waals surface area contributed by atoms with Gasteiger partial charge >= 0.3 is 6.09 Å². The summed E-state index contributed by atoms with van der Waals surface area (Å²) in [4.78, 5) is 11.9. The highest BCUT2D eigenvalue weighted by Gasteiger charge is 2.33. The minimum atomic E-state index is -0.466. The second-order valence-electron chi connectivity index (χ2n) is 6.43. The molecule has 1 amide bonds. The van der Waals surface area contributed by atoms with Crippen LogP contribution in [0.4, 0.5) is 4.79 Å². The first-order chi connectivity index (χ1) is 9.83. The number of halogens is 1. The van der Waals surface area contributed by atoms with Gasteiger partial charge in [-0.15, -0.1) is 0 Å².